The topological polar surface area (TPSA) is 91.7 Å². The number of hydrogen-bond donors (Lipinski definition) is 1. The predicted molar refractivity (Wildman–Crippen MR) is 103 cm³/mol. The highest BCUT2D eigenvalue weighted by Crippen LogP contribution is 2.24. The fourth-order valence-electron chi connectivity index (χ4n) is 3.05. The Bertz CT molecular complexity index is 993. The number of carbonyl (C=O) groups is 1. The summed E-state index contributed by atoms with van der Waals surface area (Å²) in [5.74, 6) is -0.602. The summed E-state index contributed by atoms with van der Waals surface area (Å²) in [5.41, 5.74) is 1.43. The molecule has 0 bridgehead atoms. The van der Waals surface area contributed by atoms with Gasteiger partial charge in [0.2, 0.25) is 5.91 Å². The van der Waals surface area contributed by atoms with Crippen molar-refractivity contribution in [3.8, 4) is 0 Å². The molecular weight excluding hydrogens is 376 g/mol. The van der Waals surface area contributed by atoms with E-state index < -0.39 is 16.1 Å². The summed E-state index contributed by atoms with van der Waals surface area (Å²) in [6.07, 6.45) is 1.29. The third-order valence-corrected chi connectivity index (χ3v) is 7.50. The van der Waals surface area contributed by atoms with E-state index in [1.165, 1.54) is 22.7 Å². The third kappa shape index (κ3) is 3.54. The molecule has 1 aliphatic heterocycles. The number of thiazole rings is 1. The van der Waals surface area contributed by atoms with Gasteiger partial charge in [-0.3, -0.25) is 9.59 Å². The smallest absolute Gasteiger partial charge is 0.307 e. The number of hydrogen-bond acceptors (Lipinski definition) is 5. The number of amides is 1. The predicted octanol–water partition coefficient (Wildman–Crippen LogP) is 1.06. The summed E-state index contributed by atoms with van der Waals surface area (Å²) in [4.78, 5) is 24.3. The lowest BCUT2D eigenvalue weighted by molar-refractivity contribution is -0.120. The Morgan fingerprint density at radius 1 is 1.35 bits per heavy atom. The van der Waals surface area contributed by atoms with Crippen molar-refractivity contribution in [2.24, 2.45) is 13.0 Å². The van der Waals surface area contributed by atoms with Gasteiger partial charge >= 0.3 is 4.87 Å². The minimum Gasteiger partial charge on any atom is -0.326 e. The molecule has 142 valence electrons. The van der Waals surface area contributed by atoms with Crippen molar-refractivity contribution < 1.29 is 13.2 Å². The van der Waals surface area contributed by atoms with Crippen LogP contribution in [0.4, 0.5) is 5.69 Å². The SMILES string of the molecule is CN(C)S(=O)(=O)N1CCC[C@@H](C(=O)Nc2ccc3c(c2)sc(=O)n3C)C1. The first-order chi connectivity index (χ1) is 12.2. The standard InChI is InChI=1S/C16H22N4O4S2/c1-18(2)26(23,24)20-8-4-5-11(10-20)15(21)17-12-6-7-13-14(9-12)25-16(22)19(13)3/h6-7,9,11H,4-5,8,10H2,1-3H3,(H,17,21)/t11-/m1/s1. The number of benzene rings is 1. The van der Waals surface area contributed by atoms with Crippen LogP contribution in [0, 0.1) is 5.92 Å². The minimum atomic E-state index is -3.52. The molecule has 26 heavy (non-hydrogen) atoms. The number of nitrogens with one attached hydrogen (secondary N) is 1. The summed E-state index contributed by atoms with van der Waals surface area (Å²) in [7, 11) is 1.16. The van der Waals surface area contributed by atoms with E-state index in [2.05, 4.69) is 5.32 Å². The Hall–Kier alpha value is -1.75. The molecule has 0 radical (unpaired) electrons. The van der Waals surface area contributed by atoms with Crippen LogP contribution in [0.2, 0.25) is 0 Å². The zero-order chi connectivity index (χ0) is 19.1. The molecule has 0 aliphatic carbocycles. The Morgan fingerprint density at radius 3 is 2.77 bits per heavy atom. The van der Waals surface area contributed by atoms with Gasteiger partial charge in [-0.25, -0.2) is 0 Å². The number of rotatable bonds is 4. The van der Waals surface area contributed by atoms with Crippen molar-refractivity contribution in [1.82, 2.24) is 13.2 Å². The quantitative estimate of drug-likeness (QED) is 0.834. The number of carbonyl (C=O) groups excluding carboxylic acids is 1. The summed E-state index contributed by atoms with van der Waals surface area (Å²) < 4.78 is 29.5. The molecule has 1 aromatic carbocycles. The zero-order valence-corrected chi connectivity index (χ0v) is 16.6. The van der Waals surface area contributed by atoms with Crippen LogP contribution in [0.5, 0.6) is 0 Å². The second-order valence-electron chi connectivity index (χ2n) is 6.59. The van der Waals surface area contributed by atoms with Crippen molar-refractivity contribution in [2.45, 2.75) is 12.8 Å². The molecule has 1 saturated heterocycles. The molecule has 8 nitrogen and oxygen atoms in total. The van der Waals surface area contributed by atoms with E-state index >= 15 is 0 Å². The fraction of sp³-hybridized carbons (Fsp3) is 0.500. The molecular formula is C16H22N4O4S2. The molecule has 0 unspecified atom stereocenters. The summed E-state index contributed by atoms with van der Waals surface area (Å²) >= 11 is 1.13. The van der Waals surface area contributed by atoms with E-state index in [0.29, 0.717) is 25.1 Å². The van der Waals surface area contributed by atoms with Gasteiger partial charge in [-0.1, -0.05) is 11.3 Å². The van der Waals surface area contributed by atoms with Crippen LogP contribution in [0.15, 0.2) is 23.0 Å². The fourth-order valence-corrected chi connectivity index (χ4v) is 5.16. The summed E-state index contributed by atoms with van der Waals surface area (Å²) in [6.45, 7) is 0.599. The van der Waals surface area contributed by atoms with Crippen molar-refractivity contribution >= 4 is 43.4 Å². The van der Waals surface area contributed by atoms with Gasteiger partial charge in [0, 0.05) is 39.9 Å². The lowest BCUT2D eigenvalue weighted by Crippen LogP contribution is -2.47. The molecule has 3 rings (SSSR count). The van der Waals surface area contributed by atoms with Crippen LogP contribution < -0.4 is 10.2 Å². The van der Waals surface area contributed by atoms with Crippen molar-refractivity contribution in [1.29, 1.82) is 0 Å². The second-order valence-corrected chi connectivity index (χ2v) is 9.72. The monoisotopic (exact) mass is 398 g/mol. The van der Waals surface area contributed by atoms with E-state index in [1.807, 2.05) is 0 Å². The third-order valence-electron chi connectivity index (χ3n) is 4.60. The van der Waals surface area contributed by atoms with Gasteiger partial charge < -0.3 is 9.88 Å². The van der Waals surface area contributed by atoms with Gasteiger partial charge in [0.15, 0.2) is 0 Å². The molecule has 0 spiro atoms. The van der Waals surface area contributed by atoms with Gasteiger partial charge in [-0.15, -0.1) is 0 Å². The Kier molecular flexibility index (Phi) is 5.20. The van der Waals surface area contributed by atoms with Gasteiger partial charge in [0.1, 0.15) is 0 Å². The first kappa shape index (κ1) is 19.0. The lowest BCUT2D eigenvalue weighted by atomic mass is 9.99. The average molecular weight is 399 g/mol. The molecule has 1 aliphatic rings. The number of aromatic nitrogens is 1. The van der Waals surface area contributed by atoms with E-state index in [1.54, 1.807) is 29.8 Å². The van der Waals surface area contributed by atoms with E-state index in [4.69, 9.17) is 0 Å². The Labute approximate surface area is 156 Å². The first-order valence-corrected chi connectivity index (χ1v) is 10.5. The van der Waals surface area contributed by atoms with Crippen LogP contribution in [0.25, 0.3) is 10.2 Å². The maximum Gasteiger partial charge on any atom is 0.307 e. The number of piperidine rings is 1. The average Bonchev–Trinajstić information content (AvgIpc) is 2.88. The van der Waals surface area contributed by atoms with Crippen LogP contribution in [-0.4, -0.2) is 54.7 Å². The highest BCUT2D eigenvalue weighted by molar-refractivity contribution is 7.86. The van der Waals surface area contributed by atoms with Gasteiger partial charge in [-0.2, -0.15) is 17.0 Å². The number of anilines is 1. The van der Waals surface area contributed by atoms with E-state index in [-0.39, 0.29) is 17.3 Å². The first-order valence-electron chi connectivity index (χ1n) is 8.28. The molecule has 1 fully saturated rings. The number of nitrogens with zero attached hydrogens (tertiary/aromatic N) is 3. The van der Waals surface area contributed by atoms with Crippen LogP contribution in [0.3, 0.4) is 0 Å². The second kappa shape index (κ2) is 7.10. The van der Waals surface area contributed by atoms with Gasteiger partial charge in [0.25, 0.3) is 10.2 Å². The minimum absolute atomic E-state index is 0.0553. The van der Waals surface area contributed by atoms with Crippen LogP contribution >= 0.6 is 11.3 Å². The van der Waals surface area contributed by atoms with Crippen LogP contribution in [-0.2, 0) is 22.1 Å². The molecule has 0 saturated carbocycles. The van der Waals surface area contributed by atoms with Crippen molar-refractivity contribution in [2.75, 3.05) is 32.5 Å². The van der Waals surface area contributed by atoms with E-state index in [0.717, 1.165) is 21.6 Å². The van der Waals surface area contributed by atoms with Crippen molar-refractivity contribution in [3.63, 3.8) is 0 Å². The lowest BCUT2D eigenvalue weighted by Gasteiger charge is -2.32. The molecule has 1 atom stereocenters. The molecule has 2 heterocycles. The number of fused-ring (bicyclic) bond motifs is 1. The molecule has 1 aromatic heterocycles. The number of aryl methyl sites for hydroxylation is 1. The maximum atomic E-state index is 12.6. The van der Waals surface area contributed by atoms with Gasteiger partial charge in [-0.05, 0) is 31.0 Å². The highest BCUT2D eigenvalue weighted by atomic mass is 32.2. The van der Waals surface area contributed by atoms with Crippen LogP contribution in [0.1, 0.15) is 12.8 Å². The molecule has 1 N–H and O–H groups in total. The largest absolute Gasteiger partial charge is 0.326 e. The zero-order valence-electron chi connectivity index (χ0n) is 14.9. The Balaban J connectivity index is 1.74. The molecule has 2 aromatic rings. The Morgan fingerprint density at radius 2 is 2.08 bits per heavy atom. The highest BCUT2D eigenvalue weighted by Gasteiger charge is 2.33. The maximum absolute atomic E-state index is 12.6. The van der Waals surface area contributed by atoms with Crippen molar-refractivity contribution in [3.05, 3.63) is 27.9 Å². The summed E-state index contributed by atoms with van der Waals surface area (Å²) in [6, 6.07) is 5.33. The molecule has 1 amide bonds. The van der Waals surface area contributed by atoms with E-state index in [9.17, 15) is 18.0 Å². The summed E-state index contributed by atoms with van der Waals surface area (Å²) in [5, 5.41) is 2.86. The van der Waals surface area contributed by atoms with Gasteiger partial charge in [0.05, 0.1) is 16.1 Å². The molecule has 10 heteroatoms. The normalized spacial score (nSPS) is 19.2.